The van der Waals surface area contributed by atoms with E-state index in [4.69, 9.17) is 0 Å². The van der Waals surface area contributed by atoms with E-state index < -0.39 is 29.2 Å². The number of carbonyl (C=O) groups is 2. The maximum absolute atomic E-state index is 12.9. The molecule has 0 bridgehead atoms. The molecule has 142 valence electrons. The van der Waals surface area contributed by atoms with Crippen LogP contribution >= 0.6 is 0 Å². The van der Waals surface area contributed by atoms with Gasteiger partial charge in [0.1, 0.15) is 6.04 Å². The van der Waals surface area contributed by atoms with Crippen molar-refractivity contribution in [1.29, 1.82) is 0 Å². The molecule has 27 heavy (non-hydrogen) atoms. The standard InChI is InChI=1S/C20H19F3N2O2/c1-19(2,3)24-17(26)16-14-6-4-5-7-15(14)18(27)25(16)13-10-8-12(9-11-13)20(21,22)23/h4-11,16H,1-3H3,(H,24,26)/t16-/m0/s1. The first-order valence-corrected chi connectivity index (χ1v) is 8.41. The minimum absolute atomic E-state index is 0.234. The Morgan fingerprint density at radius 2 is 1.59 bits per heavy atom. The summed E-state index contributed by atoms with van der Waals surface area (Å²) in [4.78, 5) is 27.0. The summed E-state index contributed by atoms with van der Waals surface area (Å²) in [5.74, 6) is -0.805. The van der Waals surface area contributed by atoms with Crippen molar-refractivity contribution in [2.45, 2.75) is 38.5 Å². The molecule has 1 atom stereocenters. The normalized spacial score (nSPS) is 17.0. The first-order valence-electron chi connectivity index (χ1n) is 8.41. The third-order valence-electron chi connectivity index (χ3n) is 4.18. The average Bonchev–Trinajstić information content (AvgIpc) is 2.86. The summed E-state index contributed by atoms with van der Waals surface area (Å²) in [6, 6.07) is 10.0. The summed E-state index contributed by atoms with van der Waals surface area (Å²) < 4.78 is 38.5. The Balaban J connectivity index is 2.04. The SMILES string of the molecule is CC(C)(C)NC(=O)[C@@H]1c2ccccc2C(=O)N1c1ccc(C(F)(F)F)cc1. The second-order valence-corrected chi connectivity index (χ2v) is 7.45. The zero-order chi connectivity index (χ0) is 20.0. The van der Waals surface area contributed by atoms with Gasteiger partial charge in [-0.25, -0.2) is 0 Å². The minimum Gasteiger partial charge on any atom is -0.349 e. The molecule has 1 aliphatic heterocycles. The number of nitrogens with zero attached hydrogens (tertiary/aromatic N) is 1. The van der Waals surface area contributed by atoms with Crippen molar-refractivity contribution in [3.8, 4) is 0 Å². The van der Waals surface area contributed by atoms with Gasteiger partial charge in [-0.05, 0) is 56.7 Å². The maximum Gasteiger partial charge on any atom is 0.416 e. The summed E-state index contributed by atoms with van der Waals surface area (Å²) in [7, 11) is 0. The summed E-state index contributed by atoms with van der Waals surface area (Å²) >= 11 is 0. The maximum atomic E-state index is 12.9. The molecular formula is C20H19F3N2O2. The molecule has 3 rings (SSSR count). The lowest BCUT2D eigenvalue weighted by atomic mass is 10.0. The van der Waals surface area contributed by atoms with E-state index in [9.17, 15) is 22.8 Å². The molecule has 2 aromatic rings. The molecule has 0 radical (unpaired) electrons. The van der Waals surface area contributed by atoms with Crippen molar-refractivity contribution in [2.24, 2.45) is 0 Å². The second-order valence-electron chi connectivity index (χ2n) is 7.45. The van der Waals surface area contributed by atoms with Gasteiger partial charge >= 0.3 is 6.18 Å². The smallest absolute Gasteiger partial charge is 0.349 e. The highest BCUT2D eigenvalue weighted by molar-refractivity contribution is 6.15. The Hall–Kier alpha value is -2.83. The van der Waals surface area contributed by atoms with Gasteiger partial charge in [-0.3, -0.25) is 14.5 Å². The predicted molar refractivity (Wildman–Crippen MR) is 95.3 cm³/mol. The van der Waals surface area contributed by atoms with Crippen LogP contribution in [0.15, 0.2) is 48.5 Å². The second kappa shape index (κ2) is 6.40. The molecule has 1 N–H and O–H groups in total. The number of amides is 2. The van der Waals surface area contributed by atoms with Crippen molar-refractivity contribution in [1.82, 2.24) is 5.32 Å². The molecule has 0 spiro atoms. The number of benzene rings is 2. The van der Waals surface area contributed by atoms with Crippen LogP contribution in [0.5, 0.6) is 0 Å². The molecule has 0 fully saturated rings. The van der Waals surface area contributed by atoms with Crippen molar-refractivity contribution >= 4 is 17.5 Å². The lowest BCUT2D eigenvalue weighted by molar-refractivity contribution is -0.137. The molecule has 0 aliphatic carbocycles. The molecule has 0 aromatic heterocycles. The van der Waals surface area contributed by atoms with E-state index in [0.717, 1.165) is 12.1 Å². The molecule has 0 saturated heterocycles. The van der Waals surface area contributed by atoms with Gasteiger partial charge < -0.3 is 5.32 Å². The molecule has 2 aromatic carbocycles. The average molecular weight is 376 g/mol. The number of hydrogen-bond acceptors (Lipinski definition) is 2. The van der Waals surface area contributed by atoms with E-state index in [1.165, 1.54) is 17.0 Å². The monoisotopic (exact) mass is 376 g/mol. The van der Waals surface area contributed by atoms with E-state index in [0.29, 0.717) is 11.1 Å². The number of alkyl halides is 3. The number of carbonyl (C=O) groups excluding carboxylic acids is 2. The third-order valence-corrected chi connectivity index (χ3v) is 4.18. The minimum atomic E-state index is -4.47. The van der Waals surface area contributed by atoms with Crippen LogP contribution in [0.25, 0.3) is 0 Å². The fourth-order valence-electron chi connectivity index (χ4n) is 3.09. The topological polar surface area (TPSA) is 49.4 Å². The number of anilines is 1. The van der Waals surface area contributed by atoms with Crippen molar-refractivity contribution in [3.05, 3.63) is 65.2 Å². The fourth-order valence-corrected chi connectivity index (χ4v) is 3.09. The van der Waals surface area contributed by atoms with Crippen LogP contribution in [-0.4, -0.2) is 17.4 Å². The van der Waals surface area contributed by atoms with E-state index in [-0.39, 0.29) is 11.6 Å². The number of fused-ring (bicyclic) bond motifs is 1. The van der Waals surface area contributed by atoms with Crippen LogP contribution in [0.4, 0.5) is 18.9 Å². The van der Waals surface area contributed by atoms with Gasteiger partial charge in [0.25, 0.3) is 5.91 Å². The number of hydrogen-bond donors (Lipinski definition) is 1. The Labute approximate surface area is 155 Å². The van der Waals surface area contributed by atoms with Crippen LogP contribution in [0.3, 0.4) is 0 Å². The number of rotatable bonds is 2. The quantitative estimate of drug-likeness (QED) is 0.849. The van der Waals surface area contributed by atoms with Crippen LogP contribution in [-0.2, 0) is 11.0 Å². The van der Waals surface area contributed by atoms with Crippen molar-refractivity contribution < 1.29 is 22.8 Å². The van der Waals surface area contributed by atoms with E-state index in [2.05, 4.69) is 5.32 Å². The van der Waals surface area contributed by atoms with Gasteiger partial charge in [-0.1, -0.05) is 18.2 Å². The molecular weight excluding hydrogens is 357 g/mol. The van der Waals surface area contributed by atoms with Crippen LogP contribution < -0.4 is 10.2 Å². The van der Waals surface area contributed by atoms with Gasteiger partial charge in [0.15, 0.2) is 0 Å². The Kier molecular flexibility index (Phi) is 4.49. The fraction of sp³-hybridized carbons (Fsp3) is 0.300. The van der Waals surface area contributed by atoms with Gasteiger partial charge in [0, 0.05) is 16.8 Å². The zero-order valence-electron chi connectivity index (χ0n) is 15.1. The molecule has 0 unspecified atom stereocenters. The Morgan fingerprint density at radius 3 is 2.15 bits per heavy atom. The highest BCUT2D eigenvalue weighted by Crippen LogP contribution is 2.39. The summed E-state index contributed by atoms with van der Waals surface area (Å²) in [6.45, 7) is 5.45. The summed E-state index contributed by atoms with van der Waals surface area (Å²) in [6.07, 6.45) is -4.47. The Bertz CT molecular complexity index is 883. The molecule has 1 aliphatic rings. The highest BCUT2D eigenvalue weighted by Gasteiger charge is 2.42. The van der Waals surface area contributed by atoms with E-state index in [1.807, 2.05) is 20.8 Å². The number of nitrogens with one attached hydrogen (secondary N) is 1. The van der Waals surface area contributed by atoms with Crippen molar-refractivity contribution in [2.75, 3.05) is 4.90 Å². The largest absolute Gasteiger partial charge is 0.416 e. The lowest BCUT2D eigenvalue weighted by Crippen LogP contribution is -2.47. The van der Waals surface area contributed by atoms with Crippen molar-refractivity contribution in [3.63, 3.8) is 0 Å². The van der Waals surface area contributed by atoms with Gasteiger partial charge in [-0.15, -0.1) is 0 Å². The Morgan fingerprint density at radius 1 is 1.00 bits per heavy atom. The predicted octanol–water partition coefficient (Wildman–Crippen LogP) is 4.32. The lowest BCUT2D eigenvalue weighted by Gasteiger charge is -2.29. The summed E-state index contributed by atoms with van der Waals surface area (Å²) in [5, 5.41) is 2.85. The molecule has 4 nitrogen and oxygen atoms in total. The van der Waals surface area contributed by atoms with Crippen LogP contribution in [0.1, 0.15) is 48.3 Å². The van der Waals surface area contributed by atoms with Crippen LogP contribution in [0, 0.1) is 0 Å². The van der Waals surface area contributed by atoms with Gasteiger partial charge in [-0.2, -0.15) is 13.2 Å². The van der Waals surface area contributed by atoms with Gasteiger partial charge in [0.05, 0.1) is 5.56 Å². The first kappa shape index (κ1) is 18.9. The first-order chi connectivity index (χ1) is 12.5. The zero-order valence-corrected chi connectivity index (χ0v) is 15.1. The molecule has 1 heterocycles. The van der Waals surface area contributed by atoms with E-state index in [1.54, 1.807) is 24.3 Å². The number of halogens is 3. The molecule has 0 saturated carbocycles. The molecule has 2 amide bonds. The highest BCUT2D eigenvalue weighted by atomic mass is 19.4. The summed E-state index contributed by atoms with van der Waals surface area (Å²) in [5.41, 5.74) is -0.205. The van der Waals surface area contributed by atoms with Crippen LogP contribution in [0.2, 0.25) is 0 Å². The third kappa shape index (κ3) is 3.67. The van der Waals surface area contributed by atoms with E-state index >= 15 is 0 Å². The molecule has 7 heteroatoms. The van der Waals surface area contributed by atoms with Gasteiger partial charge in [0.2, 0.25) is 5.91 Å².